The summed E-state index contributed by atoms with van der Waals surface area (Å²) in [7, 11) is 0. The molecule has 0 unspecified atom stereocenters. The van der Waals surface area contributed by atoms with Gasteiger partial charge in [-0.2, -0.15) is 0 Å². The van der Waals surface area contributed by atoms with E-state index < -0.39 is 5.97 Å². The highest BCUT2D eigenvalue weighted by atomic mass is 16.4. The van der Waals surface area contributed by atoms with Crippen molar-refractivity contribution in [2.24, 2.45) is 5.92 Å². The van der Waals surface area contributed by atoms with Gasteiger partial charge >= 0.3 is 5.97 Å². The maximum absolute atomic E-state index is 12.5. The van der Waals surface area contributed by atoms with E-state index in [1.54, 1.807) is 11.0 Å². The van der Waals surface area contributed by atoms with E-state index >= 15 is 0 Å². The second-order valence-corrected chi connectivity index (χ2v) is 6.30. The zero-order valence-electron chi connectivity index (χ0n) is 12.4. The summed E-state index contributed by atoms with van der Waals surface area (Å²) in [4.78, 5) is 39.5. The Morgan fingerprint density at radius 1 is 1.18 bits per heavy atom. The highest BCUT2D eigenvalue weighted by molar-refractivity contribution is 5.94. The zero-order valence-corrected chi connectivity index (χ0v) is 12.4. The number of amides is 1. The fourth-order valence-electron chi connectivity index (χ4n) is 3.07. The summed E-state index contributed by atoms with van der Waals surface area (Å²) < 4.78 is 0. The van der Waals surface area contributed by atoms with E-state index in [9.17, 15) is 14.4 Å². The van der Waals surface area contributed by atoms with Gasteiger partial charge in [0.15, 0.2) is 0 Å². The van der Waals surface area contributed by atoms with Crippen molar-refractivity contribution in [1.29, 1.82) is 0 Å². The summed E-state index contributed by atoms with van der Waals surface area (Å²) >= 11 is 0. The van der Waals surface area contributed by atoms with Crippen LogP contribution in [0.5, 0.6) is 0 Å². The summed E-state index contributed by atoms with van der Waals surface area (Å²) in [6, 6.07) is 3.16. The largest absolute Gasteiger partial charge is 0.481 e. The van der Waals surface area contributed by atoms with E-state index in [0.717, 1.165) is 18.5 Å². The Labute approximate surface area is 128 Å². The first-order chi connectivity index (χ1) is 10.5. The number of rotatable bonds is 4. The van der Waals surface area contributed by atoms with Crippen molar-refractivity contribution in [3.8, 4) is 0 Å². The number of nitrogens with one attached hydrogen (secondary N) is 1. The van der Waals surface area contributed by atoms with Crippen LogP contribution in [0.4, 0.5) is 0 Å². The first kappa shape index (κ1) is 14.8. The van der Waals surface area contributed by atoms with Crippen molar-refractivity contribution < 1.29 is 14.7 Å². The molecule has 118 valence electrons. The van der Waals surface area contributed by atoms with Gasteiger partial charge in [-0.1, -0.05) is 0 Å². The predicted octanol–water partition coefficient (Wildman–Crippen LogP) is 1.58. The highest BCUT2D eigenvalue weighted by Crippen LogP contribution is 2.38. The van der Waals surface area contributed by atoms with Gasteiger partial charge in [0, 0.05) is 36.8 Å². The number of aromatic nitrogens is 1. The summed E-state index contributed by atoms with van der Waals surface area (Å²) in [5.41, 5.74) is 1.08. The Morgan fingerprint density at radius 2 is 1.86 bits per heavy atom. The van der Waals surface area contributed by atoms with Crippen LogP contribution in [-0.4, -0.2) is 40.0 Å². The average molecular weight is 304 g/mol. The number of carboxylic acid groups (broad SMARTS) is 1. The Kier molecular flexibility index (Phi) is 4.00. The fraction of sp³-hybridized carbons (Fsp3) is 0.562. The summed E-state index contributed by atoms with van der Waals surface area (Å²) in [6.07, 6.45) is 3.70. The molecule has 2 fully saturated rings. The van der Waals surface area contributed by atoms with Crippen molar-refractivity contribution in [3.63, 3.8) is 0 Å². The first-order valence-electron chi connectivity index (χ1n) is 7.78. The number of nitrogens with zero attached hydrogens (tertiary/aromatic N) is 1. The number of aliphatic carboxylic acids is 1. The van der Waals surface area contributed by atoms with Crippen molar-refractivity contribution >= 4 is 11.9 Å². The fourth-order valence-corrected chi connectivity index (χ4v) is 3.07. The van der Waals surface area contributed by atoms with E-state index in [1.807, 2.05) is 0 Å². The van der Waals surface area contributed by atoms with Crippen molar-refractivity contribution in [3.05, 3.63) is 33.7 Å². The molecule has 1 aliphatic heterocycles. The number of carbonyl (C=O) groups excluding carboxylic acids is 1. The Bertz CT molecular complexity index is 640. The lowest BCUT2D eigenvalue weighted by Gasteiger charge is -2.31. The van der Waals surface area contributed by atoms with Crippen LogP contribution < -0.4 is 5.56 Å². The van der Waals surface area contributed by atoms with Gasteiger partial charge in [0.05, 0.1) is 0 Å². The maximum atomic E-state index is 12.5. The number of hydrogen-bond donors (Lipinski definition) is 2. The van der Waals surface area contributed by atoms with Crippen LogP contribution in [0.15, 0.2) is 16.9 Å². The molecule has 0 aromatic carbocycles. The number of carbonyl (C=O) groups is 2. The van der Waals surface area contributed by atoms with Crippen molar-refractivity contribution in [1.82, 2.24) is 9.88 Å². The van der Waals surface area contributed by atoms with E-state index in [2.05, 4.69) is 4.98 Å². The second kappa shape index (κ2) is 5.94. The van der Waals surface area contributed by atoms with Gasteiger partial charge in [0.2, 0.25) is 5.56 Å². The molecule has 22 heavy (non-hydrogen) atoms. The molecule has 1 saturated heterocycles. The molecule has 1 aromatic rings. The van der Waals surface area contributed by atoms with E-state index in [1.165, 1.54) is 6.07 Å². The highest BCUT2D eigenvalue weighted by Gasteiger charge is 2.28. The third-order valence-corrected chi connectivity index (χ3v) is 4.49. The lowest BCUT2D eigenvalue weighted by atomic mass is 9.93. The first-order valence-corrected chi connectivity index (χ1v) is 7.78. The molecule has 1 amide bonds. The van der Waals surface area contributed by atoms with Gasteiger partial charge in [-0.05, 0) is 43.6 Å². The Morgan fingerprint density at radius 3 is 2.45 bits per heavy atom. The molecular weight excluding hydrogens is 284 g/mol. The summed E-state index contributed by atoms with van der Waals surface area (Å²) in [5, 5.41) is 8.82. The van der Waals surface area contributed by atoms with E-state index in [0.29, 0.717) is 37.4 Å². The molecule has 0 atom stereocenters. The second-order valence-electron chi connectivity index (χ2n) is 6.30. The smallest absolute Gasteiger partial charge is 0.303 e. The molecule has 1 aromatic heterocycles. The quantitative estimate of drug-likeness (QED) is 0.883. The van der Waals surface area contributed by atoms with Crippen molar-refractivity contribution in [2.45, 2.75) is 38.0 Å². The molecule has 6 nitrogen and oxygen atoms in total. The van der Waals surface area contributed by atoms with Gasteiger partial charge in [-0.3, -0.25) is 14.4 Å². The average Bonchev–Trinajstić information content (AvgIpc) is 3.30. The molecule has 2 N–H and O–H groups in total. The molecule has 6 heteroatoms. The van der Waals surface area contributed by atoms with E-state index in [4.69, 9.17) is 5.11 Å². The van der Waals surface area contributed by atoms with Gasteiger partial charge in [0.25, 0.3) is 5.91 Å². The van der Waals surface area contributed by atoms with E-state index in [-0.39, 0.29) is 23.8 Å². The monoisotopic (exact) mass is 304 g/mol. The van der Waals surface area contributed by atoms with Crippen LogP contribution in [0.1, 0.15) is 54.1 Å². The molecule has 2 aliphatic rings. The Hall–Kier alpha value is -2.11. The van der Waals surface area contributed by atoms with Gasteiger partial charge in [0.1, 0.15) is 0 Å². The number of piperidine rings is 1. The lowest BCUT2D eigenvalue weighted by Crippen LogP contribution is -2.39. The minimum Gasteiger partial charge on any atom is -0.481 e. The molecule has 1 aliphatic carbocycles. The van der Waals surface area contributed by atoms with Crippen LogP contribution >= 0.6 is 0 Å². The van der Waals surface area contributed by atoms with Gasteiger partial charge in [-0.15, -0.1) is 0 Å². The third-order valence-electron chi connectivity index (χ3n) is 4.49. The maximum Gasteiger partial charge on any atom is 0.303 e. The number of H-pyrrole nitrogens is 1. The summed E-state index contributed by atoms with van der Waals surface area (Å²) in [5.74, 6) is -0.375. The SMILES string of the molecule is O=C(O)CC1CCN(C(=O)c2cc(C3CC3)[nH]c(=O)c2)CC1. The molecule has 2 heterocycles. The number of aromatic amines is 1. The van der Waals surface area contributed by atoms with Crippen LogP contribution in [0, 0.1) is 5.92 Å². The molecular formula is C16H20N2O4. The van der Waals surface area contributed by atoms with Crippen LogP contribution in [0.25, 0.3) is 0 Å². The molecule has 0 radical (unpaired) electrons. The minimum atomic E-state index is -0.784. The normalized spacial score (nSPS) is 19.2. The summed E-state index contributed by atoms with van der Waals surface area (Å²) in [6.45, 7) is 1.12. The molecule has 3 rings (SSSR count). The van der Waals surface area contributed by atoms with Gasteiger partial charge < -0.3 is 15.0 Å². The predicted molar refractivity (Wildman–Crippen MR) is 79.9 cm³/mol. The number of pyridine rings is 1. The van der Waals surface area contributed by atoms with Crippen LogP contribution in [0.3, 0.4) is 0 Å². The zero-order chi connectivity index (χ0) is 15.7. The molecule has 0 spiro atoms. The molecule has 0 bridgehead atoms. The Balaban J connectivity index is 1.67. The van der Waals surface area contributed by atoms with Gasteiger partial charge in [-0.25, -0.2) is 0 Å². The topological polar surface area (TPSA) is 90.5 Å². The molecule has 1 saturated carbocycles. The van der Waals surface area contributed by atoms with Crippen LogP contribution in [0.2, 0.25) is 0 Å². The number of carboxylic acids is 1. The minimum absolute atomic E-state index is 0.123. The number of likely N-dealkylation sites (tertiary alicyclic amines) is 1. The third kappa shape index (κ3) is 3.37. The lowest BCUT2D eigenvalue weighted by molar-refractivity contribution is -0.138. The van der Waals surface area contributed by atoms with Crippen molar-refractivity contribution in [2.75, 3.05) is 13.1 Å². The standard InChI is InChI=1S/C16H20N2O4/c19-14-9-12(8-13(17-14)11-1-2-11)16(22)18-5-3-10(4-6-18)7-15(20)21/h8-11H,1-7H2,(H,17,19)(H,20,21). The van der Waals surface area contributed by atoms with Crippen LogP contribution in [-0.2, 0) is 4.79 Å². The number of hydrogen-bond acceptors (Lipinski definition) is 3.